The zero-order valence-corrected chi connectivity index (χ0v) is 14.1. The summed E-state index contributed by atoms with van der Waals surface area (Å²) in [6.45, 7) is 16.7. The molecule has 2 atom stereocenters. The molecular formula is C15H28N2OS. The van der Waals surface area contributed by atoms with Crippen molar-refractivity contribution in [3.8, 4) is 0 Å². The van der Waals surface area contributed by atoms with Crippen LogP contribution in [0.5, 0.6) is 0 Å². The van der Waals surface area contributed by atoms with E-state index in [9.17, 15) is 0 Å². The summed E-state index contributed by atoms with van der Waals surface area (Å²) in [7, 11) is 0. The maximum Gasteiger partial charge on any atom is 0.0985 e. The first kappa shape index (κ1) is 16.6. The highest BCUT2D eigenvalue weighted by Gasteiger charge is 2.22. The van der Waals surface area contributed by atoms with Gasteiger partial charge in [-0.3, -0.25) is 0 Å². The first-order chi connectivity index (χ1) is 8.75. The number of nitrogens with zero attached hydrogens (tertiary/aromatic N) is 1. The summed E-state index contributed by atoms with van der Waals surface area (Å²) >= 11 is 1.83. The molecule has 0 saturated carbocycles. The molecule has 0 aliphatic carbocycles. The number of thiazole rings is 1. The summed E-state index contributed by atoms with van der Waals surface area (Å²) in [5.74, 6) is 0. The van der Waals surface area contributed by atoms with E-state index in [4.69, 9.17) is 9.72 Å². The average Bonchev–Trinajstić information content (AvgIpc) is 2.68. The molecule has 0 aromatic carbocycles. The van der Waals surface area contributed by atoms with Gasteiger partial charge in [0.05, 0.1) is 17.3 Å². The van der Waals surface area contributed by atoms with Crippen molar-refractivity contribution in [1.82, 2.24) is 10.3 Å². The first-order valence-electron chi connectivity index (χ1n) is 7.07. The van der Waals surface area contributed by atoms with E-state index in [0.717, 1.165) is 18.9 Å². The molecule has 0 fully saturated rings. The van der Waals surface area contributed by atoms with E-state index in [0.29, 0.717) is 12.1 Å². The minimum atomic E-state index is 0.129. The highest BCUT2D eigenvalue weighted by atomic mass is 32.1. The first-order valence-corrected chi connectivity index (χ1v) is 7.89. The number of rotatable bonds is 6. The van der Waals surface area contributed by atoms with Crippen molar-refractivity contribution in [3.63, 3.8) is 0 Å². The van der Waals surface area contributed by atoms with Crippen LogP contribution in [0.3, 0.4) is 0 Å². The Labute approximate surface area is 121 Å². The number of hydrogen-bond acceptors (Lipinski definition) is 4. The van der Waals surface area contributed by atoms with Gasteiger partial charge in [0.1, 0.15) is 0 Å². The quantitative estimate of drug-likeness (QED) is 0.862. The zero-order chi connectivity index (χ0) is 14.6. The van der Waals surface area contributed by atoms with Crippen LogP contribution in [0.1, 0.15) is 63.2 Å². The van der Waals surface area contributed by atoms with Crippen molar-refractivity contribution in [1.29, 1.82) is 0 Å². The van der Waals surface area contributed by atoms with Gasteiger partial charge in [0.2, 0.25) is 0 Å². The summed E-state index contributed by atoms with van der Waals surface area (Å²) in [6.07, 6.45) is 0. The van der Waals surface area contributed by atoms with Crippen molar-refractivity contribution in [3.05, 3.63) is 15.6 Å². The molecule has 0 spiro atoms. The SMILES string of the molecule is CCOCC(C)NC(C)c1sc(C(C)(C)C)nc1C. The Balaban J connectivity index is 2.72. The van der Waals surface area contributed by atoms with E-state index in [-0.39, 0.29) is 5.41 Å². The number of hydrogen-bond donors (Lipinski definition) is 1. The van der Waals surface area contributed by atoms with Crippen molar-refractivity contribution < 1.29 is 4.74 Å². The molecule has 1 rings (SSSR count). The van der Waals surface area contributed by atoms with Gasteiger partial charge in [-0.2, -0.15) is 0 Å². The average molecular weight is 284 g/mol. The third-order valence-corrected chi connectivity index (χ3v) is 4.74. The summed E-state index contributed by atoms with van der Waals surface area (Å²) in [5.41, 5.74) is 1.28. The fraction of sp³-hybridized carbons (Fsp3) is 0.800. The Kier molecular flexibility index (Phi) is 5.96. The van der Waals surface area contributed by atoms with Gasteiger partial charge in [0.25, 0.3) is 0 Å². The fourth-order valence-corrected chi connectivity index (χ4v) is 3.11. The maximum atomic E-state index is 5.45. The lowest BCUT2D eigenvalue weighted by Gasteiger charge is -2.19. The van der Waals surface area contributed by atoms with Crippen LogP contribution in [0.25, 0.3) is 0 Å². The van der Waals surface area contributed by atoms with Crippen LogP contribution in [0.4, 0.5) is 0 Å². The Morgan fingerprint density at radius 3 is 2.42 bits per heavy atom. The largest absolute Gasteiger partial charge is 0.380 e. The Morgan fingerprint density at radius 1 is 1.32 bits per heavy atom. The summed E-state index contributed by atoms with van der Waals surface area (Å²) < 4.78 is 5.45. The predicted molar refractivity (Wildman–Crippen MR) is 83.1 cm³/mol. The van der Waals surface area contributed by atoms with E-state index in [1.54, 1.807) is 0 Å². The smallest absolute Gasteiger partial charge is 0.0985 e. The van der Waals surface area contributed by atoms with Gasteiger partial charge in [-0.25, -0.2) is 4.98 Å². The molecule has 1 aromatic rings. The lowest BCUT2D eigenvalue weighted by molar-refractivity contribution is 0.124. The Hall–Kier alpha value is -0.450. The molecule has 110 valence electrons. The van der Waals surface area contributed by atoms with Crippen LogP contribution >= 0.6 is 11.3 Å². The van der Waals surface area contributed by atoms with Crippen LogP contribution in [0, 0.1) is 6.92 Å². The zero-order valence-electron chi connectivity index (χ0n) is 13.3. The molecule has 0 radical (unpaired) electrons. The maximum absolute atomic E-state index is 5.45. The molecule has 3 nitrogen and oxygen atoms in total. The van der Waals surface area contributed by atoms with Gasteiger partial charge in [0.15, 0.2) is 0 Å². The minimum Gasteiger partial charge on any atom is -0.380 e. The number of nitrogens with one attached hydrogen (secondary N) is 1. The second-order valence-electron chi connectivity index (χ2n) is 6.17. The molecular weight excluding hydrogens is 256 g/mol. The second-order valence-corrected chi connectivity index (χ2v) is 7.20. The van der Waals surface area contributed by atoms with Crippen LogP contribution < -0.4 is 5.32 Å². The van der Waals surface area contributed by atoms with E-state index in [1.165, 1.54) is 9.88 Å². The molecule has 0 aliphatic heterocycles. The normalized spacial score (nSPS) is 15.5. The fourth-order valence-electron chi connectivity index (χ4n) is 1.98. The molecule has 0 amide bonds. The highest BCUT2D eigenvalue weighted by molar-refractivity contribution is 7.12. The predicted octanol–water partition coefficient (Wildman–Crippen LogP) is 3.82. The summed E-state index contributed by atoms with van der Waals surface area (Å²) in [6, 6.07) is 0.679. The molecule has 2 unspecified atom stereocenters. The van der Waals surface area contributed by atoms with Crippen molar-refractivity contribution in [2.75, 3.05) is 13.2 Å². The molecule has 1 N–H and O–H groups in total. The van der Waals surface area contributed by atoms with Gasteiger partial charge >= 0.3 is 0 Å². The minimum absolute atomic E-state index is 0.129. The Bertz CT molecular complexity index is 395. The van der Waals surface area contributed by atoms with Crippen molar-refractivity contribution in [2.45, 2.75) is 66.0 Å². The molecule has 1 aromatic heterocycles. The van der Waals surface area contributed by atoms with Crippen LogP contribution in [-0.4, -0.2) is 24.2 Å². The molecule has 1 heterocycles. The standard InChI is InChI=1S/C15H28N2OS/c1-8-18-9-10(2)16-11(3)13-12(4)17-14(19-13)15(5,6)7/h10-11,16H,8-9H2,1-7H3. The number of aryl methyl sites for hydroxylation is 1. The van der Waals surface area contributed by atoms with Crippen LogP contribution in [0.15, 0.2) is 0 Å². The molecule has 0 aliphatic rings. The third-order valence-electron chi connectivity index (χ3n) is 2.97. The van der Waals surface area contributed by atoms with Crippen LogP contribution in [0.2, 0.25) is 0 Å². The molecule has 19 heavy (non-hydrogen) atoms. The monoisotopic (exact) mass is 284 g/mol. The van der Waals surface area contributed by atoms with E-state index in [1.807, 2.05) is 18.3 Å². The topological polar surface area (TPSA) is 34.1 Å². The van der Waals surface area contributed by atoms with Gasteiger partial charge in [-0.1, -0.05) is 20.8 Å². The molecule has 4 heteroatoms. The lowest BCUT2D eigenvalue weighted by Crippen LogP contribution is -2.32. The van der Waals surface area contributed by atoms with Crippen molar-refractivity contribution >= 4 is 11.3 Å². The van der Waals surface area contributed by atoms with E-state index < -0.39 is 0 Å². The highest BCUT2D eigenvalue weighted by Crippen LogP contribution is 2.32. The summed E-state index contributed by atoms with van der Waals surface area (Å²) in [5, 5.41) is 4.80. The molecule has 0 bridgehead atoms. The van der Waals surface area contributed by atoms with Gasteiger partial charge in [-0.05, 0) is 27.7 Å². The summed E-state index contributed by atoms with van der Waals surface area (Å²) in [4.78, 5) is 6.06. The Morgan fingerprint density at radius 2 is 1.95 bits per heavy atom. The van der Waals surface area contributed by atoms with Crippen molar-refractivity contribution in [2.24, 2.45) is 0 Å². The third kappa shape index (κ3) is 4.86. The second kappa shape index (κ2) is 6.82. The van der Waals surface area contributed by atoms with Gasteiger partial charge in [0, 0.05) is 29.0 Å². The number of ether oxygens (including phenoxy) is 1. The lowest BCUT2D eigenvalue weighted by atomic mass is 9.98. The number of aromatic nitrogens is 1. The molecule has 0 saturated heterocycles. The van der Waals surface area contributed by atoms with E-state index >= 15 is 0 Å². The van der Waals surface area contributed by atoms with E-state index in [2.05, 4.69) is 46.9 Å². The van der Waals surface area contributed by atoms with Gasteiger partial charge < -0.3 is 10.1 Å². The van der Waals surface area contributed by atoms with Gasteiger partial charge in [-0.15, -0.1) is 11.3 Å². The van der Waals surface area contributed by atoms with Crippen LogP contribution in [-0.2, 0) is 10.2 Å².